The standard InChI is InChI=1S/C26H30N4O4/c1-3-33-23(31)19(27)11-15-14-28-21-12-16(9-10-17(15)21)26-13-22(24(32)34-4-2)30-25(26)29-20-8-6-5-7-18(20)26/h5-10,12,14,19,22,25,28-30H,3-4,11,13,27H2,1-2H3/t19?,22-,25+,26-/m0/s1. The number of benzene rings is 2. The monoisotopic (exact) mass is 462 g/mol. The molecular weight excluding hydrogens is 432 g/mol. The normalized spacial score (nSPS) is 23.7. The fourth-order valence-electron chi connectivity index (χ4n) is 5.46. The summed E-state index contributed by atoms with van der Waals surface area (Å²) in [4.78, 5) is 28.0. The van der Waals surface area contributed by atoms with Crippen molar-refractivity contribution in [1.82, 2.24) is 10.3 Å². The maximum atomic E-state index is 12.6. The Morgan fingerprint density at radius 2 is 1.94 bits per heavy atom. The van der Waals surface area contributed by atoms with Gasteiger partial charge in [0.05, 0.1) is 24.8 Å². The molecule has 1 aromatic heterocycles. The van der Waals surface area contributed by atoms with Crippen molar-refractivity contribution < 1.29 is 19.1 Å². The fourth-order valence-corrected chi connectivity index (χ4v) is 5.46. The molecule has 34 heavy (non-hydrogen) atoms. The van der Waals surface area contributed by atoms with Crippen LogP contribution >= 0.6 is 0 Å². The highest BCUT2D eigenvalue weighted by Crippen LogP contribution is 2.51. The topological polar surface area (TPSA) is 118 Å². The van der Waals surface area contributed by atoms with Crippen molar-refractivity contribution in [2.24, 2.45) is 5.73 Å². The summed E-state index contributed by atoms with van der Waals surface area (Å²) in [6.07, 6.45) is 2.75. The molecule has 0 saturated carbocycles. The van der Waals surface area contributed by atoms with Crippen LogP contribution in [0.3, 0.4) is 0 Å². The molecule has 8 nitrogen and oxygen atoms in total. The van der Waals surface area contributed by atoms with E-state index in [2.05, 4.69) is 45.9 Å². The van der Waals surface area contributed by atoms with Gasteiger partial charge in [-0.1, -0.05) is 30.3 Å². The predicted octanol–water partition coefficient (Wildman–Crippen LogP) is 2.56. The van der Waals surface area contributed by atoms with Crippen LogP contribution in [-0.4, -0.2) is 48.4 Å². The number of esters is 2. The average molecular weight is 463 g/mol. The van der Waals surface area contributed by atoms with Crippen molar-refractivity contribution in [2.45, 2.75) is 50.4 Å². The highest BCUT2D eigenvalue weighted by Gasteiger charge is 2.56. The molecule has 0 radical (unpaired) electrons. The number of anilines is 1. The van der Waals surface area contributed by atoms with E-state index in [1.54, 1.807) is 6.92 Å². The Morgan fingerprint density at radius 1 is 1.15 bits per heavy atom. The molecule has 5 rings (SSSR count). The number of nitrogens with two attached hydrogens (primary N) is 1. The number of carbonyl (C=O) groups excluding carboxylic acids is 2. The van der Waals surface area contributed by atoms with Gasteiger partial charge in [0.25, 0.3) is 0 Å². The molecule has 4 atom stereocenters. The fraction of sp³-hybridized carbons (Fsp3) is 0.385. The van der Waals surface area contributed by atoms with Gasteiger partial charge in [-0.2, -0.15) is 0 Å². The number of hydrogen-bond acceptors (Lipinski definition) is 7. The second kappa shape index (κ2) is 8.77. The van der Waals surface area contributed by atoms with Gasteiger partial charge in [0.15, 0.2) is 0 Å². The molecule has 178 valence electrons. The number of ether oxygens (including phenoxy) is 2. The molecule has 3 aromatic rings. The van der Waals surface area contributed by atoms with Crippen LogP contribution in [0.25, 0.3) is 10.9 Å². The molecule has 3 heterocycles. The molecule has 1 unspecified atom stereocenters. The quantitative estimate of drug-likeness (QED) is 0.399. The molecule has 2 aliphatic heterocycles. The van der Waals surface area contributed by atoms with Crippen LogP contribution in [0.4, 0.5) is 5.69 Å². The molecule has 2 aromatic carbocycles. The van der Waals surface area contributed by atoms with Crippen LogP contribution in [0.15, 0.2) is 48.7 Å². The number of rotatable bonds is 7. The Bertz CT molecular complexity index is 1240. The van der Waals surface area contributed by atoms with E-state index in [1.807, 2.05) is 25.3 Å². The number of aromatic nitrogens is 1. The zero-order valence-electron chi connectivity index (χ0n) is 19.4. The Hall–Kier alpha value is -3.36. The highest BCUT2D eigenvalue weighted by atomic mass is 16.5. The zero-order valence-corrected chi connectivity index (χ0v) is 19.4. The smallest absolute Gasteiger partial charge is 0.323 e. The largest absolute Gasteiger partial charge is 0.465 e. The molecule has 1 saturated heterocycles. The van der Waals surface area contributed by atoms with E-state index >= 15 is 0 Å². The molecule has 0 amide bonds. The third-order valence-corrected chi connectivity index (χ3v) is 6.98. The molecule has 1 fully saturated rings. The molecule has 5 N–H and O–H groups in total. The first kappa shape index (κ1) is 22.4. The first-order chi connectivity index (χ1) is 16.5. The maximum Gasteiger partial charge on any atom is 0.323 e. The van der Waals surface area contributed by atoms with Gasteiger partial charge in [0.1, 0.15) is 12.1 Å². The second-order valence-corrected chi connectivity index (χ2v) is 8.91. The number of H-pyrrole nitrogens is 1. The Morgan fingerprint density at radius 3 is 2.74 bits per heavy atom. The third-order valence-electron chi connectivity index (χ3n) is 6.98. The minimum atomic E-state index is -0.711. The summed E-state index contributed by atoms with van der Waals surface area (Å²) in [6.45, 7) is 4.25. The summed E-state index contributed by atoms with van der Waals surface area (Å²) in [7, 11) is 0. The van der Waals surface area contributed by atoms with Gasteiger partial charge >= 0.3 is 11.9 Å². The molecule has 0 bridgehead atoms. The number of hydrogen-bond donors (Lipinski definition) is 4. The van der Waals surface area contributed by atoms with Crippen molar-refractivity contribution in [3.8, 4) is 0 Å². The number of fused-ring (bicyclic) bond motifs is 4. The Labute approximate surface area is 198 Å². The van der Waals surface area contributed by atoms with Crippen LogP contribution in [0, 0.1) is 0 Å². The maximum absolute atomic E-state index is 12.6. The van der Waals surface area contributed by atoms with Gasteiger partial charge in [0, 0.05) is 29.2 Å². The zero-order chi connectivity index (χ0) is 23.9. The second-order valence-electron chi connectivity index (χ2n) is 8.91. The van der Waals surface area contributed by atoms with Crippen LogP contribution in [0.1, 0.15) is 37.0 Å². The summed E-state index contributed by atoms with van der Waals surface area (Å²) < 4.78 is 10.4. The van der Waals surface area contributed by atoms with Crippen molar-refractivity contribution >= 4 is 28.5 Å². The third kappa shape index (κ3) is 3.54. The molecule has 0 spiro atoms. The van der Waals surface area contributed by atoms with Gasteiger partial charge in [0.2, 0.25) is 0 Å². The number of para-hydroxylation sites is 1. The summed E-state index contributed by atoms with van der Waals surface area (Å²) in [5, 5.41) is 8.05. The van der Waals surface area contributed by atoms with E-state index in [-0.39, 0.29) is 12.1 Å². The predicted molar refractivity (Wildman–Crippen MR) is 129 cm³/mol. The van der Waals surface area contributed by atoms with Gasteiger partial charge in [-0.15, -0.1) is 0 Å². The Kier molecular flexibility index (Phi) is 5.79. The minimum Gasteiger partial charge on any atom is -0.465 e. The lowest BCUT2D eigenvalue weighted by Crippen LogP contribution is -2.43. The first-order valence-electron chi connectivity index (χ1n) is 11.8. The number of carbonyl (C=O) groups is 2. The van der Waals surface area contributed by atoms with Gasteiger partial charge < -0.3 is 25.5 Å². The van der Waals surface area contributed by atoms with Crippen LogP contribution in [-0.2, 0) is 30.9 Å². The summed E-state index contributed by atoms with van der Waals surface area (Å²) >= 11 is 0. The molecule has 0 aliphatic carbocycles. The minimum absolute atomic E-state index is 0.136. The summed E-state index contributed by atoms with van der Waals surface area (Å²) in [6, 6.07) is 13.4. The Balaban J connectivity index is 1.52. The van der Waals surface area contributed by atoms with Crippen molar-refractivity contribution in [3.05, 3.63) is 65.4 Å². The van der Waals surface area contributed by atoms with E-state index in [0.29, 0.717) is 26.1 Å². The number of nitrogens with one attached hydrogen (secondary N) is 3. The lowest BCUT2D eigenvalue weighted by Gasteiger charge is -2.30. The van der Waals surface area contributed by atoms with Crippen LogP contribution < -0.4 is 16.4 Å². The van der Waals surface area contributed by atoms with Crippen LogP contribution in [0.2, 0.25) is 0 Å². The molecule has 8 heteroatoms. The highest BCUT2D eigenvalue weighted by molar-refractivity contribution is 5.86. The van der Waals surface area contributed by atoms with Crippen molar-refractivity contribution in [3.63, 3.8) is 0 Å². The van der Waals surface area contributed by atoms with E-state index in [4.69, 9.17) is 15.2 Å². The average Bonchev–Trinajstić information content (AvgIpc) is 3.49. The van der Waals surface area contributed by atoms with Gasteiger partial charge in [-0.25, -0.2) is 0 Å². The van der Waals surface area contributed by atoms with E-state index in [1.165, 1.54) is 0 Å². The first-order valence-corrected chi connectivity index (χ1v) is 11.8. The van der Waals surface area contributed by atoms with Crippen LogP contribution in [0.5, 0.6) is 0 Å². The van der Waals surface area contributed by atoms with E-state index < -0.39 is 23.5 Å². The lowest BCUT2D eigenvalue weighted by atomic mass is 9.72. The molecular formula is C26H30N4O4. The lowest BCUT2D eigenvalue weighted by molar-refractivity contribution is -0.145. The van der Waals surface area contributed by atoms with Gasteiger partial charge in [-0.05, 0) is 49.1 Å². The van der Waals surface area contributed by atoms with E-state index in [9.17, 15) is 9.59 Å². The van der Waals surface area contributed by atoms with Crippen molar-refractivity contribution in [2.75, 3.05) is 18.5 Å². The summed E-state index contributed by atoms with van der Waals surface area (Å²) in [5.74, 6) is -0.627. The molecule has 2 aliphatic rings. The van der Waals surface area contributed by atoms with Gasteiger partial charge in [-0.3, -0.25) is 14.9 Å². The SMILES string of the molecule is CCOC(=O)C(N)Cc1c[nH]c2cc([C@]34C[C@@H](C(=O)OCC)N[C@H]3Nc3ccccc34)ccc12. The summed E-state index contributed by atoms with van der Waals surface area (Å²) in [5.41, 5.74) is 10.9. The van der Waals surface area contributed by atoms with E-state index in [0.717, 1.165) is 33.3 Å². The number of aromatic amines is 1. The van der Waals surface area contributed by atoms with Crippen molar-refractivity contribution in [1.29, 1.82) is 0 Å².